The molecule has 3 N–H and O–H groups in total. The van der Waals surface area contributed by atoms with Gasteiger partial charge in [0.2, 0.25) is 5.91 Å². The van der Waals surface area contributed by atoms with E-state index in [0.29, 0.717) is 12.8 Å². The molecule has 6 nitrogen and oxygen atoms in total. The lowest BCUT2D eigenvalue weighted by atomic mass is 10.2. The van der Waals surface area contributed by atoms with Gasteiger partial charge >= 0.3 is 12.0 Å². The quantitative estimate of drug-likeness (QED) is 0.590. The van der Waals surface area contributed by atoms with Crippen LogP contribution < -0.4 is 10.6 Å². The van der Waals surface area contributed by atoms with Gasteiger partial charge in [0.1, 0.15) is 0 Å². The van der Waals surface area contributed by atoms with Gasteiger partial charge in [0.25, 0.3) is 0 Å². The minimum absolute atomic E-state index is 0.0280. The molecule has 6 heteroatoms. The SMILES string of the molecule is CC(C)NC(=O)NC(=O)CCCCC(=O)O. The molecule has 0 unspecified atom stereocenters. The number of imide groups is 1. The average molecular weight is 230 g/mol. The van der Waals surface area contributed by atoms with Gasteiger partial charge in [0.05, 0.1) is 0 Å². The number of nitrogens with one attached hydrogen (secondary N) is 2. The zero-order valence-corrected chi connectivity index (χ0v) is 9.58. The van der Waals surface area contributed by atoms with Gasteiger partial charge in [0.15, 0.2) is 0 Å². The van der Waals surface area contributed by atoms with E-state index in [0.717, 1.165) is 0 Å². The molecule has 0 aliphatic heterocycles. The summed E-state index contributed by atoms with van der Waals surface area (Å²) in [5.41, 5.74) is 0. The van der Waals surface area contributed by atoms with Gasteiger partial charge in [-0.2, -0.15) is 0 Å². The number of unbranched alkanes of at least 4 members (excludes halogenated alkanes) is 1. The molecule has 0 bridgehead atoms. The van der Waals surface area contributed by atoms with Crippen LogP contribution in [-0.2, 0) is 9.59 Å². The summed E-state index contributed by atoms with van der Waals surface area (Å²) >= 11 is 0. The maximum absolute atomic E-state index is 11.2. The second-order valence-corrected chi connectivity index (χ2v) is 3.78. The van der Waals surface area contributed by atoms with Crippen molar-refractivity contribution >= 4 is 17.9 Å². The Balaban J connectivity index is 3.58. The van der Waals surface area contributed by atoms with E-state index in [4.69, 9.17) is 5.11 Å². The molecule has 0 saturated heterocycles. The van der Waals surface area contributed by atoms with Gasteiger partial charge in [-0.15, -0.1) is 0 Å². The number of carbonyl (C=O) groups is 3. The molecule has 16 heavy (non-hydrogen) atoms. The second-order valence-electron chi connectivity index (χ2n) is 3.78. The highest BCUT2D eigenvalue weighted by Crippen LogP contribution is 1.99. The molecule has 0 aliphatic rings. The normalized spacial score (nSPS) is 9.94. The Labute approximate surface area is 94.4 Å². The van der Waals surface area contributed by atoms with Crippen LogP contribution in [0.2, 0.25) is 0 Å². The topological polar surface area (TPSA) is 95.5 Å². The third-order valence-electron chi connectivity index (χ3n) is 1.72. The van der Waals surface area contributed by atoms with Crippen LogP contribution in [0.1, 0.15) is 39.5 Å². The lowest BCUT2D eigenvalue weighted by molar-refractivity contribution is -0.137. The highest BCUT2D eigenvalue weighted by atomic mass is 16.4. The van der Waals surface area contributed by atoms with Crippen LogP contribution >= 0.6 is 0 Å². The molecule has 0 aromatic heterocycles. The Morgan fingerprint density at radius 1 is 1.12 bits per heavy atom. The summed E-state index contributed by atoms with van der Waals surface area (Å²) in [5, 5.41) is 13.0. The van der Waals surface area contributed by atoms with Crippen LogP contribution in [-0.4, -0.2) is 29.1 Å². The molecule has 0 radical (unpaired) electrons. The molecule has 0 aliphatic carbocycles. The van der Waals surface area contributed by atoms with Crippen molar-refractivity contribution in [2.45, 2.75) is 45.6 Å². The summed E-state index contributed by atoms with van der Waals surface area (Å²) in [7, 11) is 0. The average Bonchev–Trinajstić information content (AvgIpc) is 2.10. The first-order valence-electron chi connectivity index (χ1n) is 5.24. The van der Waals surface area contributed by atoms with Crippen molar-refractivity contribution < 1.29 is 19.5 Å². The van der Waals surface area contributed by atoms with Crippen LogP contribution in [0.25, 0.3) is 0 Å². The van der Waals surface area contributed by atoms with E-state index in [2.05, 4.69) is 10.6 Å². The molecule has 0 atom stereocenters. The number of aliphatic carboxylic acids is 1. The fourth-order valence-corrected chi connectivity index (χ4v) is 1.05. The van der Waals surface area contributed by atoms with Crippen LogP contribution in [0, 0.1) is 0 Å². The summed E-state index contributed by atoms with van der Waals surface area (Å²) in [4.78, 5) is 32.4. The van der Waals surface area contributed by atoms with E-state index in [1.807, 2.05) is 0 Å². The number of carboxylic acid groups (broad SMARTS) is 1. The maximum atomic E-state index is 11.2. The minimum Gasteiger partial charge on any atom is -0.481 e. The van der Waals surface area contributed by atoms with Crippen molar-refractivity contribution in [2.24, 2.45) is 0 Å². The predicted molar refractivity (Wildman–Crippen MR) is 57.9 cm³/mol. The first kappa shape index (κ1) is 14.4. The monoisotopic (exact) mass is 230 g/mol. The van der Waals surface area contributed by atoms with Gasteiger partial charge in [-0.3, -0.25) is 14.9 Å². The number of carboxylic acids is 1. The van der Waals surface area contributed by atoms with Gasteiger partial charge in [-0.1, -0.05) is 0 Å². The molecular weight excluding hydrogens is 212 g/mol. The lowest BCUT2D eigenvalue weighted by Gasteiger charge is -2.08. The van der Waals surface area contributed by atoms with Crippen LogP contribution in [0.5, 0.6) is 0 Å². The van der Waals surface area contributed by atoms with E-state index < -0.39 is 12.0 Å². The fourth-order valence-electron chi connectivity index (χ4n) is 1.05. The largest absolute Gasteiger partial charge is 0.481 e. The van der Waals surface area contributed by atoms with Crippen molar-refractivity contribution in [3.8, 4) is 0 Å². The summed E-state index contributed by atoms with van der Waals surface area (Å²) in [6.45, 7) is 3.58. The molecule has 0 saturated carbocycles. The van der Waals surface area contributed by atoms with Gasteiger partial charge < -0.3 is 10.4 Å². The number of urea groups is 1. The number of amides is 3. The van der Waals surface area contributed by atoms with Crippen molar-refractivity contribution in [1.29, 1.82) is 0 Å². The van der Waals surface area contributed by atoms with Crippen molar-refractivity contribution in [1.82, 2.24) is 10.6 Å². The van der Waals surface area contributed by atoms with E-state index in [1.54, 1.807) is 13.8 Å². The Kier molecular flexibility index (Phi) is 6.91. The number of hydrogen-bond acceptors (Lipinski definition) is 3. The standard InChI is InChI=1S/C10H18N2O4/c1-7(2)11-10(16)12-8(13)5-3-4-6-9(14)15/h7H,3-6H2,1-2H3,(H,14,15)(H2,11,12,13,16). The van der Waals surface area contributed by atoms with E-state index in [1.165, 1.54) is 0 Å². The zero-order chi connectivity index (χ0) is 12.6. The number of carbonyl (C=O) groups excluding carboxylic acids is 2. The van der Waals surface area contributed by atoms with Gasteiger partial charge in [-0.25, -0.2) is 4.79 Å². The highest BCUT2D eigenvalue weighted by Gasteiger charge is 2.08. The second kappa shape index (κ2) is 7.67. The molecule has 0 spiro atoms. The molecule has 0 heterocycles. The van der Waals surface area contributed by atoms with Crippen molar-refractivity contribution in [2.75, 3.05) is 0 Å². The van der Waals surface area contributed by atoms with Crippen molar-refractivity contribution in [3.05, 3.63) is 0 Å². The minimum atomic E-state index is -0.877. The van der Waals surface area contributed by atoms with E-state index in [-0.39, 0.29) is 24.8 Å². The van der Waals surface area contributed by atoms with E-state index >= 15 is 0 Å². The molecule has 0 aromatic carbocycles. The van der Waals surface area contributed by atoms with Crippen LogP contribution in [0.3, 0.4) is 0 Å². The van der Waals surface area contributed by atoms with Gasteiger partial charge in [-0.05, 0) is 26.7 Å². The Hall–Kier alpha value is -1.59. The number of rotatable bonds is 6. The van der Waals surface area contributed by atoms with Gasteiger partial charge in [0, 0.05) is 18.9 Å². The molecule has 0 aromatic rings. The summed E-state index contributed by atoms with van der Waals surface area (Å²) < 4.78 is 0. The summed E-state index contributed by atoms with van der Waals surface area (Å²) in [5.74, 6) is -1.26. The molecule has 0 fully saturated rings. The molecule has 3 amide bonds. The number of hydrogen-bond donors (Lipinski definition) is 3. The Morgan fingerprint density at radius 3 is 2.19 bits per heavy atom. The first-order valence-corrected chi connectivity index (χ1v) is 5.24. The maximum Gasteiger partial charge on any atom is 0.321 e. The lowest BCUT2D eigenvalue weighted by Crippen LogP contribution is -2.42. The van der Waals surface area contributed by atoms with Crippen LogP contribution in [0.4, 0.5) is 4.79 Å². The Bertz CT molecular complexity index is 264. The first-order chi connectivity index (χ1) is 7.41. The van der Waals surface area contributed by atoms with Crippen LogP contribution in [0.15, 0.2) is 0 Å². The summed E-state index contributed by atoms with van der Waals surface area (Å²) in [6.07, 6.45) is 1.12. The highest BCUT2D eigenvalue weighted by molar-refractivity contribution is 5.94. The third-order valence-corrected chi connectivity index (χ3v) is 1.72. The fraction of sp³-hybridized carbons (Fsp3) is 0.700. The van der Waals surface area contributed by atoms with E-state index in [9.17, 15) is 14.4 Å². The summed E-state index contributed by atoms with van der Waals surface area (Å²) in [6, 6.07) is -0.543. The molecular formula is C10H18N2O4. The third kappa shape index (κ3) is 8.98. The molecule has 92 valence electrons. The van der Waals surface area contributed by atoms with Crippen molar-refractivity contribution in [3.63, 3.8) is 0 Å². The Morgan fingerprint density at radius 2 is 1.69 bits per heavy atom. The predicted octanol–water partition coefficient (Wildman–Crippen LogP) is 0.866. The molecule has 0 rings (SSSR count). The smallest absolute Gasteiger partial charge is 0.321 e. The zero-order valence-electron chi connectivity index (χ0n) is 9.58.